The summed E-state index contributed by atoms with van der Waals surface area (Å²) in [5, 5.41) is 0. The molecule has 0 N–H and O–H groups in total. The molecule has 3 atom stereocenters. The third-order valence-corrected chi connectivity index (χ3v) is 7.56. The number of hydrogen-bond acceptors (Lipinski definition) is 8. The zero-order valence-electron chi connectivity index (χ0n) is 25.6. The molecule has 1 saturated heterocycles. The molecule has 0 radical (unpaired) electrons. The van der Waals surface area contributed by atoms with Crippen LogP contribution in [0.25, 0.3) is 0 Å². The maximum Gasteiger partial charge on any atom is 0.411 e. The summed E-state index contributed by atoms with van der Waals surface area (Å²) in [7, 11) is 1.30. The van der Waals surface area contributed by atoms with Gasteiger partial charge < -0.3 is 14.3 Å². The Labute approximate surface area is 247 Å². The first-order valence-corrected chi connectivity index (χ1v) is 14.2. The van der Waals surface area contributed by atoms with Crippen LogP contribution >= 0.6 is 0 Å². The minimum Gasteiger partial charge on any atom is -0.444 e. The summed E-state index contributed by atoms with van der Waals surface area (Å²) in [5.41, 5.74) is -3.48. The quantitative estimate of drug-likeness (QED) is 0.182. The van der Waals surface area contributed by atoms with E-state index in [1.54, 1.807) is 57.2 Å². The molecule has 2 aromatic rings. The normalized spacial score (nSPS) is 17.4. The van der Waals surface area contributed by atoms with Crippen molar-refractivity contribution in [3.8, 4) is 0 Å². The molecule has 0 spiro atoms. The Hall–Kier alpha value is -3.37. The lowest BCUT2D eigenvalue weighted by molar-refractivity contribution is -0.291. The van der Waals surface area contributed by atoms with E-state index in [0.29, 0.717) is 25.1 Å². The van der Waals surface area contributed by atoms with Crippen molar-refractivity contribution < 1.29 is 38.0 Å². The van der Waals surface area contributed by atoms with Crippen LogP contribution in [0.3, 0.4) is 0 Å². The van der Waals surface area contributed by atoms with Gasteiger partial charge in [0.15, 0.2) is 5.54 Å². The van der Waals surface area contributed by atoms with E-state index in [0.717, 1.165) is 29.0 Å². The summed E-state index contributed by atoms with van der Waals surface area (Å²) in [5.74, 6) is -3.59. The summed E-state index contributed by atoms with van der Waals surface area (Å²) in [6.07, 6.45) is 2.69. The average Bonchev–Trinajstić information content (AvgIpc) is 2.94. The topological polar surface area (TPSA) is 104 Å². The molecular formula is C32H43FN2O7. The SMILES string of the molecule is CC(C=O)[C@@](C(=O)OOCc1ccccc1)(C(c1ccc(C2CCOCC2)nc1)C(C)(C)F)N(C)C(=O)OC(C)(C)C. The summed E-state index contributed by atoms with van der Waals surface area (Å²) in [6.45, 7) is 10.2. The van der Waals surface area contributed by atoms with Gasteiger partial charge in [-0.15, -0.1) is 0 Å². The molecule has 2 heterocycles. The van der Waals surface area contributed by atoms with Crippen molar-refractivity contribution >= 4 is 18.3 Å². The number of ether oxygens (including phenoxy) is 2. The lowest BCUT2D eigenvalue weighted by Crippen LogP contribution is -2.67. The van der Waals surface area contributed by atoms with Crippen molar-refractivity contribution in [1.82, 2.24) is 9.88 Å². The monoisotopic (exact) mass is 586 g/mol. The fourth-order valence-corrected chi connectivity index (χ4v) is 5.58. The molecule has 1 aromatic heterocycles. The van der Waals surface area contributed by atoms with Crippen molar-refractivity contribution in [1.29, 1.82) is 0 Å². The van der Waals surface area contributed by atoms with Crippen LogP contribution in [0, 0.1) is 5.92 Å². The molecule has 0 aliphatic carbocycles. The molecule has 3 rings (SSSR count). The number of aromatic nitrogens is 1. The van der Waals surface area contributed by atoms with Crippen molar-refractivity contribution in [2.45, 2.75) is 89.6 Å². The van der Waals surface area contributed by atoms with Crippen molar-refractivity contribution in [2.24, 2.45) is 5.92 Å². The number of amides is 1. The Kier molecular flexibility index (Phi) is 10.8. The second-order valence-corrected chi connectivity index (χ2v) is 12.3. The number of alkyl halides is 1. The maximum absolute atomic E-state index is 16.5. The average molecular weight is 587 g/mol. The Bertz CT molecular complexity index is 1190. The zero-order chi connectivity index (χ0) is 31.1. The Morgan fingerprint density at radius 1 is 1.10 bits per heavy atom. The third kappa shape index (κ3) is 7.72. The Balaban J connectivity index is 2.13. The first-order valence-electron chi connectivity index (χ1n) is 14.2. The van der Waals surface area contributed by atoms with Gasteiger partial charge in [-0.25, -0.2) is 14.0 Å². The third-order valence-electron chi connectivity index (χ3n) is 7.56. The lowest BCUT2D eigenvalue weighted by Gasteiger charge is -2.49. The van der Waals surface area contributed by atoms with Crippen LogP contribution in [0.15, 0.2) is 48.7 Å². The van der Waals surface area contributed by atoms with Crippen LogP contribution < -0.4 is 0 Å². The number of nitrogens with zero attached hydrogens (tertiary/aromatic N) is 2. The smallest absolute Gasteiger partial charge is 0.411 e. The van der Waals surface area contributed by atoms with Crippen LogP contribution in [-0.4, -0.2) is 65.3 Å². The molecule has 0 bridgehead atoms. The van der Waals surface area contributed by atoms with Gasteiger partial charge in [0, 0.05) is 44.0 Å². The summed E-state index contributed by atoms with van der Waals surface area (Å²) >= 11 is 0. The Morgan fingerprint density at radius 2 is 1.74 bits per heavy atom. The number of likely N-dealkylation sites (N-methyl/N-ethyl adjacent to an activating group) is 1. The van der Waals surface area contributed by atoms with Crippen LogP contribution in [-0.2, 0) is 35.4 Å². The first-order chi connectivity index (χ1) is 19.7. The van der Waals surface area contributed by atoms with Crippen molar-refractivity contribution in [3.63, 3.8) is 0 Å². The van der Waals surface area contributed by atoms with Gasteiger partial charge in [0.1, 0.15) is 24.2 Å². The standard InChI is InChI=1S/C32H43FN2O7/c1-22(20-36)32(35(7)29(38)41-30(2,3)4,28(37)42-40-21-23-11-9-8-10-12-23)27(31(5,6)33)25-13-14-26(34-19-25)24-15-17-39-18-16-24/h8-14,19-20,22,24,27H,15-18,21H2,1-7H3/t22?,27?,32-/m0/s1. The van der Waals surface area contributed by atoms with E-state index in [9.17, 15) is 14.4 Å². The highest BCUT2D eigenvalue weighted by Gasteiger charge is 2.62. The number of carbonyl (C=O) groups is 3. The summed E-state index contributed by atoms with van der Waals surface area (Å²) < 4.78 is 27.6. The van der Waals surface area contributed by atoms with Gasteiger partial charge in [-0.05, 0) is 64.7 Å². The van der Waals surface area contributed by atoms with Gasteiger partial charge >= 0.3 is 12.1 Å². The highest BCUT2D eigenvalue weighted by molar-refractivity contribution is 5.90. The number of benzene rings is 1. The molecule has 0 saturated carbocycles. The fraction of sp³-hybridized carbons (Fsp3) is 0.562. The Morgan fingerprint density at radius 3 is 2.26 bits per heavy atom. The van der Waals surface area contributed by atoms with E-state index in [1.807, 2.05) is 6.07 Å². The molecule has 10 heteroatoms. The molecule has 230 valence electrons. The predicted octanol–water partition coefficient (Wildman–Crippen LogP) is 5.92. The molecule has 1 amide bonds. The van der Waals surface area contributed by atoms with Crippen LogP contribution in [0.1, 0.15) is 83.0 Å². The summed E-state index contributed by atoms with van der Waals surface area (Å²) in [4.78, 5) is 56.4. The predicted molar refractivity (Wildman–Crippen MR) is 154 cm³/mol. The van der Waals surface area contributed by atoms with Gasteiger partial charge in [0.2, 0.25) is 0 Å². The van der Waals surface area contributed by atoms with Gasteiger partial charge in [0.25, 0.3) is 0 Å². The lowest BCUT2D eigenvalue weighted by atomic mass is 9.65. The molecule has 2 unspecified atom stereocenters. The van der Waals surface area contributed by atoms with Gasteiger partial charge in [-0.1, -0.05) is 43.3 Å². The molecule has 9 nitrogen and oxygen atoms in total. The van der Waals surface area contributed by atoms with Gasteiger partial charge in [-0.3, -0.25) is 14.8 Å². The second-order valence-electron chi connectivity index (χ2n) is 12.3. The summed E-state index contributed by atoms with van der Waals surface area (Å²) in [6, 6.07) is 12.5. The van der Waals surface area contributed by atoms with Crippen LogP contribution in [0.2, 0.25) is 0 Å². The van der Waals surface area contributed by atoms with E-state index in [4.69, 9.17) is 19.2 Å². The molecule has 1 fully saturated rings. The number of aldehydes is 1. The molecule has 1 aromatic carbocycles. The molecular weight excluding hydrogens is 543 g/mol. The highest BCUT2D eigenvalue weighted by atomic mass is 19.1. The molecule has 1 aliphatic rings. The number of carbonyl (C=O) groups excluding carboxylic acids is 3. The highest BCUT2D eigenvalue weighted by Crippen LogP contribution is 2.48. The first kappa shape index (κ1) is 33.1. The minimum atomic E-state index is -2.22. The maximum atomic E-state index is 16.5. The second kappa shape index (κ2) is 13.7. The van der Waals surface area contributed by atoms with Crippen LogP contribution in [0.4, 0.5) is 9.18 Å². The fourth-order valence-electron chi connectivity index (χ4n) is 5.58. The molecule has 42 heavy (non-hydrogen) atoms. The van der Waals surface area contributed by atoms with Gasteiger partial charge in [0.05, 0.1) is 5.92 Å². The largest absolute Gasteiger partial charge is 0.444 e. The number of rotatable bonds is 11. The molecule has 1 aliphatic heterocycles. The van der Waals surface area contributed by atoms with E-state index in [2.05, 4.69) is 4.98 Å². The van der Waals surface area contributed by atoms with E-state index in [-0.39, 0.29) is 12.5 Å². The number of hydrogen-bond donors (Lipinski definition) is 0. The van der Waals surface area contributed by atoms with Crippen molar-refractivity contribution in [2.75, 3.05) is 20.3 Å². The van der Waals surface area contributed by atoms with Crippen LogP contribution in [0.5, 0.6) is 0 Å². The van der Waals surface area contributed by atoms with E-state index >= 15 is 4.39 Å². The van der Waals surface area contributed by atoms with E-state index < -0.39 is 40.7 Å². The zero-order valence-corrected chi connectivity index (χ0v) is 25.6. The van der Waals surface area contributed by atoms with Gasteiger partial charge in [-0.2, -0.15) is 4.89 Å². The number of halogens is 1. The van der Waals surface area contributed by atoms with Crippen molar-refractivity contribution in [3.05, 3.63) is 65.5 Å². The van der Waals surface area contributed by atoms with E-state index in [1.165, 1.54) is 34.0 Å². The number of pyridine rings is 1. The minimum absolute atomic E-state index is 0.0979.